The van der Waals surface area contributed by atoms with Crippen molar-refractivity contribution >= 4 is 6.03 Å². The zero-order chi connectivity index (χ0) is 18.6. The SMILES string of the molecule is O=C(N[C@@H]1[C@@H](O)CO[C@@H]1Cn1cc(-c2ccccc2)nn1)N1CCOCC1. The summed E-state index contributed by atoms with van der Waals surface area (Å²) in [5.41, 5.74) is 1.75. The second-order valence-electron chi connectivity index (χ2n) is 6.71. The molecule has 2 amide bonds. The smallest absolute Gasteiger partial charge is 0.317 e. The first-order valence-corrected chi connectivity index (χ1v) is 9.09. The highest BCUT2D eigenvalue weighted by atomic mass is 16.5. The number of amides is 2. The third-order valence-corrected chi connectivity index (χ3v) is 4.86. The molecule has 27 heavy (non-hydrogen) atoms. The molecule has 2 aliphatic rings. The molecular formula is C18H23N5O4. The molecule has 9 nitrogen and oxygen atoms in total. The van der Waals surface area contributed by atoms with Crippen LogP contribution in [0.25, 0.3) is 11.3 Å². The number of ether oxygens (including phenoxy) is 2. The number of rotatable bonds is 4. The monoisotopic (exact) mass is 373 g/mol. The van der Waals surface area contributed by atoms with E-state index >= 15 is 0 Å². The highest BCUT2D eigenvalue weighted by molar-refractivity contribution is 5.74. The number of hydrogen-bond acceptors (Lipinski definition) is 6. The average Bonchev–Trinajstić information content (AvgIpc) is 3.32. The number of nitrogens with zero attached hydrogens (tertiary/aromatic N) is 4. The van der Waals surface area contributed by atoms with E-state index in [0.717, 1.165) is 11.3 Å². The van der Waals surface area contributed by atoms with Crippen molar-refractivity contribution in [2.75, 3.05) is 32.9 Å². The number of aliphatic hydroxyl groups excluding tert-OH is 1. The summed E-state index contributed by atoms with van der Waals surface area (Å²) in [6.45, 7) is 2.72. The molecule has 2 aliphatic heterocycles. The van der Waals surface area contributed by atoms with Crippen molar-refractivity contribution in [1.82, 2.24) is 25.2 Å². The molecule has 2 saturated heterocycles. The van der Waals surface area contributed by atoms with Crippen LogP contribution in [0.15, 0.2) is 36.5 Å². The van der Waals surface area contributed by atoms with E-state index in [0.29, 0.717) is 32.8 Å². The van der Waals surface area contributed by atoms with E-state index in [-0.39, 0.29) is 18.7 Å². The zero-order valence-corrected chi connectivity index (χ0v) is 14.9. The maximum atomic E-state index is 12.4. The van der Waals surface area contributed by atoms with Crippen LogP contribution in [0.5, 0.6) is 0 Å². The molecule has 4 rings (SSSR count). The van der Waals surface area contributed by atoms with Gasteiger partial charge >= 0.3 is 6.03 Å². The first-order chi connectivity index (χ1) is 13.2. The highest BCUT2D eigenvalue weighted by Crippen LogP contribution is 2.19. The van der Waals surface area contributed by atoms with Crippen molar-refractivity contribution in [2.45, 2.75) is 24.8 Å². The van der Waals surface area contributed by atoms with Gasteiger partial charge in [0.15, 0.2) is 0 Å². The van der Waals surface area contributed by atoms with Gasteiger partial charge < -0.3 is 24.8 Å². The molecule has 0 unspecified atom stereocenters. The van der Waals surface area contributed by atoms with E-state index in [2.05, 4.69) is 15.6 Å². The Labute approximate surface area is 156 Å². The van der Waals surface area contributed by atoms with Gasteiger partial charge in [0, 0.05) is 18.7 Å². The van der Waals surface area contributed by atoms with Gasteiger partial charge in [-0.3, -0.25) is 0 Å². The lowest BCUT2D eigenvalue weighted by Crippen LogP contribution is -2.54. The lowest BCUT2D eigenvalue weighted by molar-refractivity contribution is 0.0489. The number of morpholine rings is 1. The number of benzene rings is 1. The van der Waals surface area contributed by atoms with Crippen molar-refractivity contribution in [3.8, 4) is 11.3 Å². The molecule has 1 aromatic heterocycles. The summed E-state index contributed by atoms with van der Waals surface area (Å²) in [4.78, 5) is 14.1. The van der Waals surface area contributed by atoms with E-state index in [1.54, 1.807) is 9.58 Å². The second-order valence-corrected chi connectivity index (χ2v) is 6.71. The summed E-state index contributed by atoms with van der Waals surface area (Å²) in [5.74, 6) is 0. The van der Waals surface area contributed by atoms with Crippen LogP contribution in [0, 0.1) is 0 Å². The molecule has 9 heteroatoms. The summed E-state index contributed by atoms with van der Waals surface area (Å²) >= 11 is 0. The molecule has 3 heterocycles. The molecule has 0 spiro atoms. The van der Waals surface area contributed by atoms with Gasteiger partial charge in [0.2, 0.25) is 0 Å². The summed E-state index contributed by atoms with van der Waals surface area (Å²) < 4.78 is 12.6. The Bertz CT molecular complexity index is 762. The van der Waals surface area contributed by atoms with Gasteiger partial charge in [-0.2, -0.15) is 0 Å². The Balaban J connectivity index is 1.40. The van der Waals surface area contributed by atoms with Gasteiger partial charge in [-0.05, 0) is 0 Å². The maximum absolute atomic E-state index is 12.4. The largest absolute Gasteiger partial charge is 0.388 e. The Hall–Kier alpha value is -2.49. The summed E-state index contributed by atoms with van der Waals surface area (Å²) in [6, 6.07) is 9.07. The predicted octanol–water partition coefficient (Wildman–Crippen LogP) is 0.115. The van der Waals surface area contributed by atoms with Crippen LogP contribution < -0.4 is 5.32 Å². The number of urea groups is 1. The minimum absolute atomic E-state index is 0.180. The molecule has 0 bridgehead atoms. The fourth-order valence-electron chi connectivity index (χ4n) is 3.35. The van der Waals surface area contributed by atoms with E-state index in [1.165, 1.54) is 0 Å². The van der Waals surface area contributed by atoms with Crippen LogP contribution >= 0.6 is 0 Å². The molecule has 0 saturated carbocycles. The number of carbonyl (C=O) groups excluding carboxylic acids is 1. The number of nitrogens with one attached hydrogen (secondary N) is 1. The number of aromatic nitrogens is 3. The molecule has 2 N–H and O–H groups in total. The van der Waals surface area contributed by atoms with Crippen LogP contribution in [0.3, 0.4) is 0 Å². The number of hydrogen-bond donors (Lipinski definition) is 2. The molecule has 0 aliphatic carbocycles. The Morgan fingerprint density at radius 3 is 2.81 bits per heavy atom. The third kappa shape index (κ3) is 4.10. The average molecular weight is 373 g/mol. The quantitative estimate of drug-likeness (QED) is 0.789. The molecule has 2 fully saturated rings. The van der Waals surface area contributed by atoms with Gasteiger partial charge in [-0.1, -0.05) is 35.5 Å². The normalized spacial score (nSPS) is 25.5. The minimum Gasteiger partial charge on any atom is -0.388 e. The van der Waals surface area contributed by atoms with E-state index in [9.17, 15) is 9.90 Å². The van der Waals surface area contributed by atoms with Crippen LogP contribution in [0.4, 0.5) is 4.79 Å². The topological polar surface area (TPSA) is 102 Å². The molecule has 144 valence electrons. The summed E-state index contributed by atoms with van der Waals surface area (Å²) in [6.07, 6.45) is 0.706. The van der Waals surface area contributed by atoms with E-state index in [4.69, 9.17) is 9.47 Å². The zero-order valence-electron chi connectivity index (χ0n) is 14.9. The lowest BCUT2D eigenvalue weighted by Gasteiger charge is -2.30. The van der Waals surface area contributed by atoms with Gasteiger partial charge in [-0.15, -0.1) is 5.10 Å². The lowest BCUT2D eigenvalue weighted by atomic mass is 10.1. The third-order valence-electron chi connectivity index (χ3n) is 4.86. The van der Waals surface area contributed by atoms with E-state index < -0.39 is 12.1 Å². The molecule has 2 aromatic rings. The highest BCUT2D eigenvalue weighted by Gasteiger charge is 2.38. The van der Waals surface area contributed by atoms with Crippen molar-refractivity contribution in [2.24, 2.45) is 0 Å². The fourth-order valence-corrected chi connectivity index (χ4v) is 3.35. The molecule has 0 radical (unpaired) electrons. The predicted molar refractivity (Wildman–Crippen MR) is 95.9 cm³/mol. The standard InChI is InChI=1S/C18H23N5O4/c24-15-12-27-16(17(15)19-18(25)22-6-8-26-9-7-22)11-23-10-14(20-21-23)13-4-2-1-3-5-13/h1-5,10,15-17,24H,6-9,11-12H2,(H,19,25)/t15-,16+,17+/m0/s1. The van der Waals surface area contributed by atoms with Crippen molar-refractivity contribution in [3.63, 3.8) is 0 Å². The van der Waals surface area contributed by atoms with Crippen molar-refractivity contribution < 1.29 is 19.4 Å². The molecular weight excluding hydrogens is 350 g/mol. The fraction of sp³-hybridized carbons (Fsp3) is 0.500. The Morgan fingerprint density at radius 2 is 2.04 bits per heavy atom. The maximum Gasteiger partial charge on any atom is 0.317 e. The van der Waals surface area contributed by atoms with Gasteiger partial charge in [0.1, 0.15) is 17.9 Å². The molecule has 1 aromatic carbocycles. The summed E-state index contributed by atoms with van der Waals surface area (Å²) in [5, 5.41) is 21.5. The van der Waals surface area contributed by atoms with Crippen molar-refractivity contribution in [3.05, 3.63) is 36.5 Å². The number of carbonyl (C=O) groups is 1. The Morgan fingerprint density at radius 1 is 1.26 bits per heavy atom. The minimum atomic E-state index is -0.753. The second kappa shape index (κ2) is 8.03. The molecule has 3 atom stereocenters. The van der Waals surface area contributed by atoms with Crippen LogP contribution in [-0.4, -0.2) is 82.2 Å². The van der Waals surface area contributed by atoms with Crippen LogP contribution in [0.1, 0.15) is 0 Å². The van der Waals surface area contributed by atoms with E-state index in [1.807, 2.05) is 36.5 Å². The van der Waals surface area contributed by atoms with Gasteiger partial charge in [0.05, 0.1) is 38.6 Å². The van der Waals surface area contributed by atoms with Gasteiger partial charge in [-0.25, -0.2) is 9.48 Å². The number of aliphatic hydroxyl groups is 1. The first-order valence-electron chi connectivity index (χ1n) is 9.09. The van der Waals surface area contributed by atoms with Crippen molar-refractivity contribution in [1.29, 1.82) is 0 Å². The first kappa shape index (κ1) is 17.9. The van der Waals surface area contributed by atoms with Crippen LogP contribution in [0.2, 0.25) is 0 Å². The summed E-state index contributed by atoms with van der Waals surface area (Å²) in [7, 11) is 0. The van der Waals surface area contributed by atoms with Crippen LogP contribution in [-0.2, 0) is 16.0 Å². The van der Waals surface area contributed by atoms with Gasteiger partial charge in [0.25, 0.3) is 0 Å². The Kier molecular flexibility index (Phi) is 5.33.